The second-order valence-electron chi connectivity index (χ2n) is 6.07. The van der Waals surface area contributed by atoms with Gasteiger partial charge in [0.25, 0.3) is 0 Å². The standard InChI is InChI=1S/C15H34N2S/c1-12(2)10-16-11-13(3)15(5)17(6)14(4)8-9-18-7/h12-16H,8-11H2,1-7H3. The molecule has 0 aliphatic carbocycles. The van der Waals surface area contributed by atoms with E-state index in [1.165, 1.54) is 12.2 Å². The Kier molecular flexibility index (Phi) is 10.3. The van der Waals surface area contributed by atoms with E-state index >= 15 is 0 Å². The van der Waals surface area contributed by atoms with Crippen molar-refractivity contribution in [1.82, 2.24) is 10.2 Å². The van der Waals surface area contributed by atoms with Crippen LogP contribution < -0.4 is 5.32 Å². The Morgan fingerprint density at radius 3 is 2.17 bits per heavy atom. The topological polar surface area (TPSA) is 15.3 Å². The first-order valence-corrected chi connectivity index (χ1v) is 8.71. The highest BCUT2D eigenvalue weighted by Gasteiger charge is 2.20. The lowest BCUT2D eigenvalue weighted by Crippen LogP contribution is -2.44. The molecule has 0 amide bonds. The third-order valence-corrected chi connectivity index (χ3v) is 4.56. The van der Waals surface area contributed by atoms with E-state index in [4.69, 9.17) is 0 Å². The Bertz CT molecular complexity index is 197. The molecule has 110 valence electrons. The Morgan fingerprint density at radius 1 is 1.06 bits per heavy atom. The predicted octanol–water partition coefficient (Wildman–Crippen LogP) is 3.33. The van der Waals surface area contributed by atoms with Crippen molar-refractivity contribution in [2.75, 3.05) is 32.1 Å². The van der Waals surface area contributed by atoms with Crippen LogP contribution in [0, 0.1) is 11.8 Å². The normalized spacial score (nSPS) is 17.2. The van der Waals surface area contributed by atoms with Gasteiger partial charge in [-0.1, -0.05) is 20.8 Å². The first kappa shape index (κ1) is 18.3. The molecular formula is C15H34N2S. The van der Waals surface area contributed by atoms with Crippen LogP contribution in [0.15, 0.2) is 0 Å². The number of nitrogens with one attached hydrogen (secondary N) is 1. The van der Waals surface area contributed by atoms with Gasteiger partial charge in [0, 0.05) is 12.1 Å². The van der Waals surface area contributed by atoms with Gasteiger partial charge in [0.15, 0.2) is 0 Å². The predicted molar refractivity (Wildman–Crippen MR) is 86.6 cm³/mol. The maximum Gasteiger partial charge on any atom is 0.0104 e. The summed E-state index contributed by atoms with van der Waals surface area (Å²) in [6.45, 7) is 13.8. The Hall–Kier alpha value is 0.270. The fourth-order valence-corrected chi connectivity index (χ4v) is 2.64. The molecule has 0 fully saturated rings. The van der Waals surface area contributed by atoms with E-state index in [-0.39, 0.29) is 0 Å². The summed E-state index contributed by atoms with van der Waals surface area (Å²) < 4.78 is 0. The fourth-order valence-electron chi connectivity index (χ4n) is 2.07. The van der Waals surface area contributed by atoms with Gasteiger partial charge < -0.3 is 10.2 Å². The second-order valence-corrected chi connectivity index (χ2v) is 7.05. The zero-order chi connectivity index (χ0) is 14.1. The van der Waals surface area contributed by atoms with E-state index in [2.05, 4.69) is 58.1 Å². The SMILES string of the molecule is CSCCC(C)N(C)C(C)C(C)CNCC(C)C. The summed E-state index contributed by atoms with van der Waals surface area (Å²) in [6, 6.07) is 1.32. The van der Waals surface area contributed by atoms with E-state index in [0.29, 0.717) is 18.0 Å². The van der Waals surface area contributed by atoms with Gasteiger partial charge >= 0.3 is 0 Å². The third-order valence-electron chi connectivity index (χ3n) is 3.92. The summed E-state index contributed by atoms with van der Waals surface area (Å²) in [6.07, 6.45) is 3.47. The maximum atomic E-state index is 3.57. The highest BCUT2D eigenvalue weighted by atomic mass is 32.2. The smallest absolute Gasteiger partial charge is 0.0104 e. The summed E-state index contributed by atoms with van der Waals surface area (Å²) in [5.74, 6) is 2.70. The molecule has 0 heterocycles. The summed E-state index contributed by atoms with van der Waals surface area (Å²) >= 11 is 1.95. The van der Waals surface area contributed by atoms with Gasteiger partial charge in [0.1, 0.15) is 0 Å². The van der Waals surface area contributed by atoms with E-state index < -0.39 is 0 Å². The number of nitrogens with zero attached hydrogens (tertiary/aromatic N) is 1. The molecule has 0 spiro atoms. The number of rotatable bonds is 10. The van der Waals surface area contributed by atoms with Crippen molar-refractivity contribution in [3.63, 3.8) is 0 Å². The second kappa shape index (κ2) is 10.1. The van der Waals surface area contributed by atoms with E-state index in [9.17, 15) is 0 Å². The van der Waals surface area contributed by atoms with Crippen molar-refractivity contribution in [2.24, 2.45) is 11.8 Å². The number of thioether (sulfide) groups is 1. The molecule has 0 saturated carbocycles. The van der Waals surface area contributed by atoms with Crippen molar-refractivity contribution in [1.29, 1.82) is 0 Å². The molecule has 0 radical (unpaired) electrons. The van der Waals surface area contributed by atoms with Gasteiger partial charge in [-0.05, 0) is 64.2 Å². The molecule has 0 aliphatic heterocycles. The molecule has 0 aromatic carbocycles. The Labute approximate surface area is 119 Å². The quantitative estimate of drug-likeness (QED) is 0.658. The summed E-state index contributed by atoms with van der Waals surface area (Å²) in [7, 11) is 2.27. The van der Waals surface area contributed by atoms with Gasteiger partial charge in [-0.25, -0.2) is 0 Å². The third kappa shape index (κ3) is 7.65. The van der Waals surface area contributed by atoms with Gasteiger partial charge in [-0.15, -0.1) is 0 Å². The molecule has 0 aromatic heterocycles. The lowest BCUT2D eigenvalue weighted by Gasteiger charge is -2.35. The van der Waals surface area contributed by atoms with Crippen LogP contribution in [-0.2, 0) is 0 Å². The zero-order valence-corrected chi connectivity index (χ0v) is 14.3. The number of hydrogen-bond donors (Lipinski definition) is 1. The van der Waals surface area contributed by atoms with Crippen LogP contribution in [0.5, 0.6) is 0 Å². The van der Waals surface area contributed by atoms with E-state index in [1.54, 1.807) is 0 Å². The molecular weight excluding hydrogens is 240 g/mol. The maximum absolute atomic E-state index is 3.57. The first-order chi connectivity index (χ1) is 8.40. The van der Waals surface area contributed by atoms with Crippen LogP contribution in [0.25, 0.3) is 0 Å². The highest BCUT2D eigenvalue weighted by molar-refractivity contribution is 7.98. The van der Waals surface area contributed by atoms with Crippen LogP contribution in [0.2, 0.25) is 0 Å². The largest absolute Gasteiger partial charge is 0.316 e. The first-order valence-electron chi connectivity index (χ1n) is 7.31. The fraction of sp³-hybridized carbons (Fsp3) is 1.00. The van der Waals surface area contributed by atoms with Crippen molar-refractivity contribution >= 4 is 11.8 Å². The average Bonchev–Trinajstić information content (AvgIpc) is 2.33. The van der Waals surface area contributed by atoms with Gasteiger partial charge in [-0.2, -0.15) is 11.8 Å². The van der Waals surface area contributed by atoms with Gasteiger partial charge in [0.2, 0.25) is 0 Å². The molecule has 18 heavy (non-hydrogen) atoms. The van der Waals surface area contributed by atoms with Crippen LogP contribution in [-0.4, -0.2) is 49.1 Å². The molecule has 0 aromatic rings. The molecule has 3 atom stereocenters. The average molecular weight is 275 g/mol. The highest BCUT2D eigenvalue weighted by Crippen LogP contribution is 2.15. The molecule has 2 nitrogen and oxygen atoms in total. The molecule has 0 aliphatic rings. The van der Waals surface area contributed by atoms with Crippen LogP contribution in [0.3, 0.4) is 0 Å². The molecule has 1 N–H and O–H groups in total. The summed E-state index contributed by atoms with van der Waals surface area (Å²) in [5.41, 5.74) is 0. The van der Waals surface area contributed by atoms with Gasteiger partial charge in [0.05, 0.1) is 0 Å². The molecule has 0 saturated heterocycles. The monoisotopic (exact) mass is 274 g/mol. The molecule has 3 unspecified atom stereocenters. The van der Waals surface area contributed by atoms with Gasteiger partial charge in [-0.3, -0.25) is 0 Å². The Balaban J connectivity index is 3.98. The van der Waals surface area contributed by atoms with Crippen molar-refractivity contribution in [2.45, 2.75) is 53.1 Å². The molecule has 0 bridgehead atoms. The van der Waals surface area contributed by atoms with Crippen molar-refractivity contribution in [3.05, 3.63) is 0 Å². The Morgan fingerprint density at radius 2 is 1.67 bits per heavy atom. The van der Waals surface area contributed by atoms with E-state index in [1.807, 2.05) is 11.8 Å². The molecule has 3 heteroatoms. The lowest BCUT2D eigenvalue weighted by molar-refractivity contribution is 0.146. The van der Waals surface area contributed by atoms with Crippen molar-refractivity contribution < 1.29 is 0 Å². The van der Waals surface area contributed by atoms with Crippen LogP contribution in [0.1, 0.15) is 41.0 Å². The van der Waals surface area contributed by atoms with Crippen LogP contribution in [0.4, 0.5) is 0 Å². The van der Waals surface area contributed by atoms with Crippen molar-refractivity contribution in [3.8, 4) is 0 Å². The number of hydrogen-bond acceptors (Lipinski definition) is 3. The molecule has 0 rings (SSSR count). The van der Waals surface area contributed by atoms with E-state index in [0.717, 1.165) is 19.0 Å². The minimum absolute atomic E-state index is 0.640. The lowest BCUT2D eigenvalue weighted by atomic mass is 10.0. The van der Waals surface area contributed by atoms with Crippen LogP contribution >= 0.6 is 11.8 Å². The summed E-state index contributed by atoms with van der Waals surface area (Å²) in [5, 5.41) is 3.57. The summed E-state index contributed by atoms with van der Waals surface area (Å²) in [4.78, 5) is 2.54. The minimum atomic E-state index is 0.640. The zero-order valence-electron chi connectivity index (χ0n) is 13.5. The minimum Gasteiger partial charge on any atom is -0.316 e.